The highest BCUT2D eigenvalue weighted by molar-refractivity contribution is 5.79. The van der Waals surface area contributed by atoms with Crippen molar-refractivity contribution in [2.24, 2.45) is 23.8 Å². The number of hydrazine groups is 1. The van der Waals surface area contributed by atoms with Crippen molar-refractivity contribution in [3.8, 4) is 0 Å². The van der Waals surface area contributed by atoms with Gasteiger partial charge in [0.05, 0.1) is 0 Å². The topological polar surface area (TPSA) is 93.1 Å². The van der Waals surface area contributed by atoms with Crippen molar-refractivity contribution in [3.63, 3.8) is 0 Å². The predicted molar refractivity (Wildman–Crippen MR) is 62.3 cm³/mol. The first-order chi connectivity index (χ1) is 7.63. The summed E-state index contributed by atoms with van der Waals surface area (Å²) >= 11 is 0. The first kappa shape index (κ1) is 12.4. The number of aryl methyl sites for hydroxylation is 1. The molecule has 0 aliphatic carbocycles. The summed E-state index contributed by atoms with van der Waals surface area (Å²) in [5, 5.41) is 10.8. The van der Waals surface area contributed by atoms with Crippen LogP contribution in [0.15, 0.2) is 11.3 Å². The molecule has 0 spiro atoms. The molecule has 1 rings (SSSR count). The molecule has 90 valence electrons. The van der Waals surface area contributed by atoms with Crippen molar-refractivity contribution in [1.29, 1.82) is 0 Å². The highest BCUT2D eigenvalue weighted by Crippen LogP contribution is 1.94. The van der Waals surface area contributed by atoms with Gasteiger partial charge in [0.2, 0.25) is 5.96 Å². The third-order valence-corrected chi connectivity index (χ3v) is 2.00. The summed E-state index contributed by atoms with van der Waals surface area (Å²) in [5.74, 6) is 7.24. The first-order valence-corrected chi connectivity index (χ1v) is 5.21. The van der Waals surface area contributed by atoms with Gasteiger partial charge in [0.25, 0.3) is 0 Å². The van der Waals surface area contributed by atoms with Crippen molar-refractivity contribution in [3.05, 3.63) is 12.2 Å². The molecule has 1 aromatic rings. The Morgan fingerprint density at radius 3 is 2.88 bits per heavy atom. The van der Waals surface area contributed by atoms with Gasteiger partial charge in [0, 0.05) is 13.6 Å². The Morgan fingerprint density at radius 1 is 1.62 bits per heavy atom. The second-order valence-corrected chi connectivity index (χ2v) is 3.94. The molecule has 0 fully saturated rings. The third-order valence-electron chi connectivity index (χ3n) is 2.00. The minimum Gasteiger partial charge on any atom is -0.355 e. The lowest BCUT2D eigenvalue weighted by atomic mass is 10.2. The zero-order chi connectivity index (χ0) is 12.0. The van der Waals surface area contributed by atoms with E-state index in [1.165, 1.54) is 0 Å². The number of nitrogens with zero attached hydrogens (tertiary/aromatic N) is 4. The fraction of sp³-hybridized carbons (Fsp3) is 0.667. The van der Waals surface area contributed by atoms with Crippen molar-refractivity contribution in [2.75, 3.05) is 6.54 Å². The SMILES string of the molecule is CC(C)CNC(=NCc1nncn1C)NN. The van der Waals surface area contributed by atoms with E-state index in [1.54, 1.807) is 6.33 Å². The summed E-state index contributed by atoms with van der Waals surface area (Å²) in [4.78, 5) is 4.26. The van der Waals surface area contributed by atoms with Crippen LogP contribution < -0.4 is 16.6 Å². The quantitative estimate of drug-likeness (QED) is 0.275. The van der Waals surface area contributed by atoms with Crippen LogP contribution in [0.2, 0.25) is 0 Å². The van der Waals surface area contributed by atoms with Crippen LogP contribution in [0, 0.1) is 5.92 Å². The lowest BCUT2D eigenvalue weighted by molar-refractivity contribution is 0.614. The summed E-state index contributed by atoms with van der Waals surface area (Å²) < 4.78 is 1.82. The maximum Gasteiger partial charge on any atom is 0.206 e. The number of nitrogens with one attached hydrogen (secondary N) is 2. The van der Waals surface area contributed by atoms with E-state index in [-0.39, 0.29) is 0 Å². The molecule has 0 saturated heterocycles. The van der Waals surface area contributed by atoms with Crippen molar-refractivity contribution >= 4 is 5.96 Å². The molecular weight excluding hydrogens is 206 g/mol. The average Bonchev–Trinajstić information content (AvgIpc) is 2.64. The molecule has 16 heavy (non-hydrogen) atoms. The summed E-state index contributed by atoms with van der Waals surface area (Å²) in [6.45, 7) is 5.50. The minimum absolute atomic E-state index is 0.446. The molecule has 4 N–H and O–H groups in total. The third kappa shape index (κ3) is 3.85. The van der Waals surface area contributed by atoms with Crippen LogP contribution in [0.25, 0.3) is 0 Å². The van der Waals surface area contributed by atoms with E-state index in [0.29, 0.717) is 18.4 Å². The van der Waals surface area contributed by atoms with Crippen LogP contribution in [0.1, 0.15) is 19.7 Å². The van der Waals surface area contributed by atoms with Gasteiger partial charge < -0.3 is 9.88 Å². The van der Waals surface area contributed by atoms with E-state index in [0.717, 1.165) is 12.4 Å². The Labute approximate surface area is 95.1 Å². The van der Waals surface area contributed by atoms with Crippen LogP contribution in [0.5, 0.6) is 0 Å². The predicted octanol–water partition coefficient (Wildman–Crippen LogP) is -0.620. The van der Waals surface area contributed by atoms with Crippen LogP contribution in [-0.2, 0) is 13.6 Å². The van der Waals surface area contributed by atoms with Gasteiger partial charge in [-0.05, 0) is 5.92 Å². The number of nitrogens with two attached hydrogens (primary N) is 1. The number of hydrogen-bond acceptors (Lipinski definition) is 4. The standard InChI is InChI=1S/C9H19N7/c1-7(2)4-11-9(14-10)12-5-8-15-13-6-16(8)3/h6-7H,4-5,10H2,1-3H3,(H2,11,12,14). The van der Waals surface area contributed by atoms with E-state index < -0.39 is 0 Å². The van der Waals surface area contributed by atoms with Crippen molar-refractivity contribution in [1.82, 2.24) is 25.5 Å². The molecule has 7 nitrogen and oxygen atoms in total. The second-order valence-electron chi connectivity index (χ2n) is 3.94. The van der Waals surface area contributed by atoms with Crippen LogP contribution in [0.3, 0.4) is 0 Å². The molecule has 0 saturated carbocycles. The largest absolute Gasteiger partial charge is 0.355 e. The van der Waals surface area contributed by atoms with Gasteiger partial charge in [0.1, 0.15) is 12.9 Å². The molecule has 0 aromatic carbocycles. The monoisotopic (exact) mass is 225 g/mol. The van der Waals surface area contributed by atoms with Gasteiger partial charge in [-0.3, -0.25) is 5.43 Å². The highest BCUT2D eigenvalue weighted by Gasteiger charge is 2.01. The number of aliphatic imine (C=N–C) groups is 1. The molecule has 0 aliphatic heterocycles. The van der Waals surface area contributed by atoms with Gasteiger partial charge in [-0.1, -0.05) is 13.8 Å². The zero-order valence-electron chi connectivity index (χ0n) is 9.94. The first-order valence-electron chi connectivity index (χ1n) is 5.21. The van der Waals surface area contributed by atoms with Crippen LogP contribution in [0.4, 0.5) is 0 Å². The number of hydrogen-bond donors (Lipinski definition) is 3. The van der Waals surface area contributed by atoms with E-state index in [2.05, 4.69) is 39.8 Å². The van der Waals surface area contributed by atoms with E-state index in [1.807, 2.05) is 11.6 Å². The Morgan fingerprint density at radius 2 is 2.38 bits per heavy atom. The number of rotatable bonds is 4. The zero-order valence-corrected chi connectivity index (χ0v) is 9.94. The summed E-state index contributed by atoms with van der Waals surface area (Å²) in [5.41, 5.74) is 2.52. The molecule has 1 aromatic heterocycles. The van der Waals surface area contributed by atoms with Crippen molar-refractivity contribution < 1.29 is 0 Å². The van der Waals surface area contributed by atoms with Gasteiger partial charge in [-0.25, -0.2) is 10.8 Å². The van der Waals surface area contributed by atoms with Gasteiger partial charge >= 0.3 is 0 Å². The van der Waals surface area contributed by atoms with Gasteiger partial charge in [-0.2, -0.15) is 0 Å². The fourth-order valence-electron chi connectivity index (χ4n) is 1.05. The Balaban J connectivity index is 2.50. The Bertz CT molecular complexity index is 341. The fourth-order valence-corrected chi connectivity index (χ4v) is 1.05. The second kappa shape index (κ2) is 6.06. The number of guanidine groups is 1. The van der Waals surface area contributed by atoms with E-state index >= 15 is 0 Å². The normalized spacial score (nSPS) is 11.9. The smallest absolute Gasteiger partial charge is 0.206 e. The minimum atomic E-state index is 0.446. The molecular formula is C9H19N7. The summed E-state index contributed by atoms with van der Waals surface area (Å²) in [6, 6.07) is 0. The molecule has 0 atom stereocenters. The molecule has 0 amide bonds. The summed E-state index contributed by atoms with van der Waals surface area (Å²) in [6.07, 6.45) is 1.64. The molecule has 1 heterocycles. The average molecular weight is 225 g/mol. The van der Waals surface area contributed by atoms with Gasteiger partial charge in [-0.15, -0.1) is 10.2 Å². The van der Waals surface area contributed by atoms with Crippen LogP contribution in [-0.4, -0.2) is 27.3 Å². The highest BCUT2D eigenvalue weighted by atomic mass is 15.3. The number of aromatic nitrogens is 3. The van der Waals surface area contributed by atoms with Crippen LogP contribution >= 0.6 is 0 Å². The van der Waals surface area contributed by atoms with E-state index in [4.69, 9.17) is 5.84 Å². The lowest BCUT2D eigenvalue weighted by Crippen LogP contribution is -2.43. The van der Waals surface area contributed by atoms with E-state index in [9.17, 15) is 0 Å². The molecule has 0 radical (unpaired) electrons. The molecule has 0 bridgehead atoms. The van der Waals surface area contributed by atoms with Crippen molar-refractivity contribution in [2.45, 2.75) is 20.4 Å². The summed E-state index contributed by atoms with van der Waals surface area (Å²) in [7, 11) is 1.88. The molecule has 0 unspecified atom stereocenters. The lowest BCUT2D eigenvalue weighted by Gasteiger charge is -2.10. The Hall–Kier alpha value is -1.63. The Kier molecular flexibility index (Phi) is 4.71. The molecule has 7 heteroatoms. The maximum absolute atomic E-state index is 5.35. The van der Waals surface area contributed by atoms with Gasteiger partial charge in [0.15, 0.2) is 5.82 Å². The maximum atomic E-state index is 5.35. The molecule has 0 aliphatic rings.